The summed E-state index contributed by atoms with van der Waals surface area (Å²) in [7, 11) is 2.60. The Bertz CT molecular complexity index is 7960. The van der Waals surface area contributed by atoms with Crippen molar-refractivity contribution in [3.05, 3.63) is 58.1 Å². The maximum Gasteiger partial charge on any atom is 0.132 e. The highest BCUT2D eigenvalue weighted by Gasteiger charge is 2.76. The smallest absolute Gasteiger partial charge is 0.132 e. The highest BCUT2D eigenvalue weighted by molar-refractivity contribution is 6.82. The predicted molar refractivity (Wildman–Crippen MR) is 372 cm³/mol. The number of likely N-dealkylation sites (N-methyl/N-ethyl adjacent to an activating group) is 1. The Labute approximate surface area is 491 Å². The molecule has 0 saturated carbocycles. The second-order valence-corrected chi connectivity index (χ2v) is 31.4. The standard InChI is InChI=1S/C85H37NO2/c1-4-6-8-10-17-87-23-14-12-13-21-20(23)15-16-22(82(21)88-18-11-9-7-5-2)83-85-80-74-68-58-46-38-30-26-24-25-28-32(30)40(46)50-44-36(28)37-29(25)33-31-27(24)35-34(26)42-48(38)56-62-52(42)53-43(35)49-39(31)47-41(33)51-45(37)55-54(44)66(60(50)68)76(80)77-67(55)61(51)69-59(47)65-57(49)63(53)71-70(62)78(72(74)64(56)58)84(85,19-86(83)3)79(71)73(65)75(69)81(77)85/h12-16,83H,4-11,17-19H2,1-3H3. The van der Waals surface area contributed by atoms with Crippen LogP contribution in [0.3, 0.4) is 0 Å². The van der Waals surface area contributed by atoms with Gasteiger partial charge in [-0.15, -0.1) is 0 Å². The topological polar surface area (TPSA) is 21.7 Å². The van der Waals surface area contributed by atoms with Crippen molar-refractivity contribution in [1.29, 1.82) is 0 Å². The molecule has 1 atom stereocenters. The fourth-order valence-electron chi connectivity index (χ4n) is 28.8. The molecule has 3 nitrogen and oxygen atoms in total. The first kappa shape index (κ1) is 38.1. The van der Waals surface area contributed by atoms with Crippen molar-refractivity contribution in [2.75, 3.05) is 26.8 Å². The minimum absolute atomic E-state index is 0.0168. The highest BCUT2D eigenvalue weighted by atomic mass is 16.5. The molecule has 0 aromatic heterocycles. The molecule has 30 aromatic carbocycles. The highest BCUT2D eigenvalue weighted by Crippen LogP contribution is 2.87. The van der Waals surface area contributed by atoms with Crippen LogP contribution < -0.4 is 9.47 Å². The molecule has 35 rings (SSSR count). The molecule has 394 valence electrons. The second-order valence-electron chi connectivity index (χ2n) is 31.4. The minimum Gasteiger partial charge on any atom is -0.493 e. The first-order valence-electron chi connectivity index (χ1n) is 34.0. The molecule has 0 radical (unpaired) electrons. The molecule has 4 aliphatic carbocycles. The monoisotopic (exact) mass is 1100 g/mol. The van der Waals surface area contributed by atoms with Gasteiger partial charge in [0, 0.05) is 22.9 Å². The number of hydrogen-bond acceptors (Lipinski definition) is 3. The van der Waals surface area contributed by atoms with Crippen molar-refractivity contribution in [3.63, 3.8) is 0 Å². The van der Waals surface area contributed by atoms with Crippen molar-refractivity contribution < 1.29 is 9.47 Å². The summed E-state index contributed by atoms with van der Waals surface area (Å²) >= 11 is 0. The number of nitrogens with zero attached hydrogens (tertiary/aromatic N) is 1. The summed E-state index contributed by atoms with van der Waals surface area (Å²) in [5.74, 6) is 2.11. The zero-order valence-electron chi connectivity index (χ0n) is 48.0. The number of likely N-dealkylation sites (tertiary alicyclic amines) is 1. The first-order valence-corrected chi connectivity index (χ1v) is 34.0. The lowest BCUT2D eigenvalue weighted by Gasteiger charge is -2.52. The van der Waals surface area contributed by atoms with E-state index < -0.39 is 5.41 Å². The third kappa shape index (κ3) is 2.45. The Hall–Kier alpha value is -9.28. The van der Waals surface area contributed by atoms with Gasteiger partial charge in [-0.1, -0.05) is 76.6 Å². The third-order valence-corrected chi connectivity index (χ3v) is 29.7. The molecule has 30 aromatic rings. The van der Waals surface area contributed by atoms with Crippen molar-refractivity contribution in [2.24, 2.45) is 0 Å². The predicted octanol–water partition coefficient (Wildman–Crippen LogP) is 23.1. The van der Waals surface area contributed by atoms with Gasteiger partial charge < -0.3 is 9.47 Å². The molecule has 0 amide bonds. The van der Waals surface area contributed by atoms with E-state index in [1.807, 2.05) is 0 Å². The van der Waals surface area contributed by atoms with Crippen LogP contribution in [0.15, 0.2) is 30.3 Å². The van der Waals surface area contributed by atoms with Crippen LogP contribution in [0.4, 0.5) is 0 Å². The zero-order chi connectivity index (χ0) is 54.3. The molecular weight excluding hydrogens is 1070 g/mol. The Morgan fingerprint density at radius 2 is 0.614 bits per heavy atom. The van der Waals surface area contributed by atoms with E-state index >= 15 is 0 Å². The van der Waals surface area contributed by atoms with Gasteiger partial charge in [-0.05, 0) is 339 Å². The van der Waals surface area contributed by atoms with Gasteiger partial charge in [-0.25, -0.2) is 0 Å². The minimum atomic E-state index is -0.464. The molecule has 3 heteroatoms. The van der Waals surface area contributed by atoms with Crippen LogP contribution in [0.5, 0.6) is 11.5 Å². The number of fused-ring (bicyclic) bond motifs is 1. The average molecular weight is 1100 g/mol. The fraction of sp³-hybridized carbons (Fsp3) is 0.200. The van der Waals surface area contributed by atoms with Crippen LogP contribution in [0.2, 0.25) is 0 Å². The summed E-state index contributed by atoms with van der Waals surface area (Å²) in [6.45, 7) is 7.08. The van der Waals surface area contributed by atoms with E-state index in [4.69, 9.17) is 9.47 Å². The van der Waals surface area contributed by atoms with Crippen molar-refractivity contribution in [2.45, 2.75) is 82.1 Å². The van der Waals surface area contributed by atoms with Crippen LogP contribution in [-0.4, -0.2) is 31.7 Å². The lowest BCUT2D eigenvalue weighted by molar-refractivity contribution is 0.251. The molecule has 5 aliphatic rings. The molecule has 1 fully saturated rings. The molecule has 1 unspecified atom stereocenters. The van der Waals surface area contributed by atoms with E-state index in [1.54, 1.807) is 313 Å². The Kier molecular flexibility index (Phi) is 4.26. The molecule has 1 heterocycles. The van der Waals surface area contributed by atoms with E-state index in [9.17, 15) is 0 Å². The van der Waals surface area contributed by atoms with Gasteiger partial charge >= 0.3 is 0 Å². The molecule has 1 aliphatic heterocycles. The number of rotatable bonds is 13. The SMILES string of the molecule is CCCCCCOc1cccc2c(OCCCCCC)c(C3N(C)CC45c6c7c8c9c%10c%11c(c%12c%13c4c4c6c6c%14c7c7c8c8c%10c%10c%15c%11c%11c%12c%12c%13c%13c4c4c6c6c%14c%14c7c7c8c%10c8c%10c%15c%11c%11c%12c%12c%13c4c4c6c6c%14c7c8c7c%10c%11c%12c4c67)C935)ccc12. The summed E-state index contributed by atoms with van der Waals surface area (Å²) in [6.07, 6.45) is 9.45. The number of ether oxygens (including phenoxy) is 2. The van der Waals surface area contributed by atoms with E-state index in [2.05, 4.69) is 56.1 Å². The van der Waals surface area contributed by atoms with Crippen molar-refractivity contribution in [3.8, 4) is 11.5 Å². The molecule has 1 saturated heterocycles. The van der Waals surface area contributed by atoms with Gasteiger partial charge in [0.05, 0.1) is 30.1 Å². The Morgan fingerprint density at radius 1 is 0.318 bits per heavy atom. The normalized spacial score (nSPS) is 21.5. The van der Waals surface area contributed by atoms with Gasteiger partial charge in [0.1, 0.15) is 11.5 Å². The molecule has 0 N–H and O–H groups in total. The zero-order valence-corrected chi connectivity index (χ0v) is 48.0. The maximum absolute atomic E-state index is 7.77. The van der Waals surface area contributed by atoms with Gasteiger partial charge in [0.15, 0.2) is 0 Å². The summed E-state index contributed by atoms with van der Waals surface area (Å²) in [5.41, 5.74) is 7.52. The van der Waals surface area contributed by atoms with Gasteiger partial charge in [0.2, 0.25) is 0 Å². The lowest BCUT2D eigenvalue weighted by atomic mass is 9.47. The number of unbranched alkanes of at least 4 members (excludes halogenated alkanes) is 6. The van der Waals surface area contributed by atoms with Crippen LogP contribution in [0, 0.1) is 0 Å². The van der Waals surface area contributed by atoms with Crippen LogP contribution >= 0.6 is 0 Å². The van der Waals surface area contributed by atoms with Gasteiger partial charge in [0.25, 0.3) is 0 Å². The van der Waals surface area contributed by atoms with E-state index in [-0.39, 0.29) is 11.5 Å². The second kappa shape index (κ2) is 9.83. The van der Waals surface area contributed by atoms with Crippen LogP contribution in [-0.2, 0) is 10.8 Å². The van der Waals surface area contributed by atoms with Crippen molar-refractivity contribution in [1.82, 2.24) is 4.90 Å². The van der Waals surface area contributed by atoms with Crippen LogP contribution in [0.1, 0.15) is 99.1 Å². The van der Waals surface area contributed by atoms with E-state index in [0.717, 1.165) is 37.5 Å². The number of benzene rings is 20. The quantitative estimate of drug-likeness (QED) is 0.0848. The Balaban J connectivity index is 0.901. The van der Waals surface area contributed by atoms with Gasteiger partial charge in [-0.3, -0.25) is 4.90 Å². The molecule has 88 heavy (non-hydrogen) atoms. The number of hydrogen-bond donors (Lipinski definition) is 0. The fourth-order valence-corrected chi connectivity index (χ4v) is 28.8. The van der Waals surface area contributed by atoms with Crippen molar-refractivity contribution >= 4 is 302 Å². The van der Waals surface area contributed by atoms with E-state index in [1.165, 1.54) is 54.9 Å². The van der Waals surface area contributed by atoms with E-state index in [0.29, 0.717) is 6.61 Å². The largest absolute Gasteiger partial charge is 0.493 e. The molecule has 2 spiro atoms. The summed E-state index contributed by atoms with van der Waals surface area (Å²) in [6, 6.07) is 12.0. The van der Waals surface area contributed by atoms with Gasteiger partial charge in [-0.2, -0.15) is 0 Å². The molecular formula is C85H37NO2. The third-order valence-electron chi connectivity index (χ3n) is 29.7. The first-order chi connectivity index (χ1) is 43.7. The Morgan fingerprint density at radius 3 is 0.932 bits per heavy atom. The summed E-state index contributed by atoms with van der Waals surface area (Å²) < 4.78 is 14.7. The maximum atomic E-state index is 7.77. The van der Waals surface area contributed by atoms with Crippen LogP contribution in [0.25, 0.3) is 302 Å². The average Bonchev–Trinajstić information content (AvgIpc) is 1.38. The lowest BCUT2D eigenvalue weighted by Crippen LogP contribution is -2.52. The summed E-state index contributed by atoms with van der Waals surface area (Å²) in [5, 5.41) is 91.9. The summed E-state index contributed by atoms with van der Waals surface area (Å²) in [4.78, 5) is 2.98. The molecule has 0 bridgehead atoms.